The lowest BCUT2D eigenvalue weighted by molar-refractivity contribution is 0.189. The van der Waals surface area contributed by atoms with Crippen molar-refractivity contribution in [2.75, 3.05) is 6.54 Å². The third-order valence-corrected chi connectivity index (χ3v) is 2.46. The second kappa shape index (κ2) is 5.86. The molecule has 2 heteroatoms. The third kappa shape index (κ3) is 4.43. The quantitative estimate of drug-likeness (QED) is 0.736. The zero-order chi connectivity index (χ0) is 11.3. The molecule has 0 saturated carbocycles. The first-order chi connectivity index (χ1) is 7.09. The Labute approximate surface area is 93.3 Å². The number of hydrogen-bond acceptors (Lipinski definition) is 2. The molecule has 0 saturated heterocycles. The van der Waals surface area contributed by atoms with Gasteiger partial charge in [-0.25, -0.2) is 0 Å². The number of nitrogens with zero attached hydrogens (tertiary/aromatic N) is 2. The maximum atomic E-state index is 4.04. The largest absolute Gasteiger partial charge is 0.296 e. The standard InChI is InChI=1S/C13H22N2/c1-11(2)9-15(12(3)4)10-13-5-7-14-8-6-13/h5-8,11-12H,9-10H2,1-4H3. The van der Waals surface area contributed by atoms with Gasteiger partial charge in [0.25, 0.3) is 0 Å². The fraction of sp³-hybridized carbons (Fsp3) is 0.615. The van der Waals surface area contributed by atoms with Crippen LogP contribution in [0, 0.1) is 5.92 Å². The van der Waals surface area contributed by atoms with E-state index in [0.717, 1.165) is 13.1 Å². The second-order valence-corrected chi connectivity index (χ2v) is 4.77. The topological polar surface area (TPSA) is 16.1 Å². The van der Waals surface area contributed by atoms with Crippen LogP contribution in [0.3, 0.4) is 0 Å². The summed E-state index contributed by atoms with van der Waals surface area (Å²) >= 11 is 0. The molecule has 0 radical (unpaired) electrons. The molecular formula is C13H22N2. The van der Waals surface area contributed by atoms with Crippen molar-refractivity contribution in [3.05, 3.63) is 30.1 Å². The van der Waals surface area contributed by atoms with Gasteiger partial charge in [0.2, 0.25) is 0 Å². The summed E-state index contributed by atoms with van der Waals surface area (Å²) in [6.07, 6.45) is 3.73. The molecule has 0 unspecified atom stereocenters. The lowest BCUT2D eigenvalue weighted by Crippen LogP contribution is -2.33. The van der Waals surface area contributed by atoms with Gasteiger partial charge in [0.15, 0.2) is 0 Å². The molecule has 0 N–H and O–H groups in total. The molecule has 2 nitrogen and oxygen atoms in total. The minimum absolute atomic E-state index is 0.598. The smallest absolute Gasteiger partial charge is 0.0271 e. The zero-order valence-electron chi connectivity index (χ0n) is 10.3. The number of aromatic nitrogens is 1. The normalized spacial score (nSPS) is 11.7. The molecule has 1 rings (SSSR count). The number of rotatable bonds is 5. The van der Waals surface area contributed by atoms with E-state index in [9.17, 15) is 0 Å². The van der Waals surface area contributed by atoms with Crippen molar-refractivity contribution in [2.24, 2.45) is 5.92 Å². The van der Waals surface area contributed by atoms with Crippen LogP contribution in [0.4, 0.5) is 0 Å². The van der Waals surface area contributed by atoms with Gasteiger partial charge >= 0.3 is 0 Å². The van der Waals surface area contributed by atoms with Crippen molar-refractivity contribution in [2.45, 2.75) is 40.3 Å². The molecule has 0 spiro atoms. The monoisotopic (exact) mass is 206 g/mol. The molecule has 0 aliphatic rings. The van der Waals surface area contributed by atoms with Crippen molar-refractivity contribution < 1.29 is 0 Å². The third-order valence-electron chi connectivity index (χ3n) is 2.46. The second-order valence-electron chi connectivity index (χ2n) is 4.77. The van der Waals surface area contributed by atoms with Crippen LogP contribution < -0.4 is 0 Å². The summed E-state index contributed by atoms with van der Waals surface area (Å²) in [6, 6.07) is 4.78. The summed E-state index contributed by atoms with van der Waals surface area (Å²) < 4.78 is 0. The van der Waals surface area contributed by atoms with Crippen LogP contribution in [0.5, 0.6) is 0 Å². The molecule has 0 aromatic carbocycles. The van der Waals surface area contributed by atoms with Gasteiger partial charge < -0.3 is 0 Å². The molecule has 0 aliphatic carbocycles. The number of pyridine rings is 1. The summed E-state index contributed by atoms with van der Waals surface area (Å²) in [7, 11) is 0. The first-order valence-electron chi connectivity index (χ1n) is 5.72. The van der Waals surface area contributed by atoms with E-state index < -0.39 is 0 Å². The highest BCUT2D eigenvalue weighted by atomic mass is 15.1. The van der Waals surface area contributed by atoms with E-state index in [1.165, 1.54) is 5.56 Å². The van der Waals surface area contributed by atoms with Crippen LogP contribution >= 0.6 is 0 Å². The van der Waals surface area contributed by atoms with E-state index in [1.54, 1.807) is 0 Å². The lowest BCUT2D eigenvalue weighted by Gasteiger charge is -2.28. The van der Waals surface area contributed by atoms with Gasteiger partial charge in [0.1, 0.15) is 0 Å². The summed E-state index contributed by atoms with van der Waals surface area (Å²) in [6.45, 7) is 11.2. The molecule has 15 heavy (non-hydrogen) atoms. The molecule has 0 bridgehead atoms. The van der Waals surface area contributed by atoms with Crippen molar-refractivity contribution in [1.29, 1.82) is 0 Å². The average Bonchev–Trinajstić information content (AvgIpc) is 2.17. The van der Waals surface area contributed by atoms with Gasteiger partial charge in [-0.1, -0.05) is 13.8 Å². The Hall–Kier alpha value is -0.890. The minimum Gasteiger partial charge on any atom is -0.296 e. The van der Waals surface area contributed by atoms with Gasteiger partial charge in [-0.15, -0.1) is 0 Å². The molecule has 1 heterocycles. The SMILES string of the molecule is CC(C)CN(Cc1ccncc1)C(C)C. The highest BCUT2D eigenvalue weighted by Gasteiger charge is 2.11. The van der Waals surface area contributed by atoms with E-state index in [4.69, 9.17) is 0 Å². The van der Waals surface area contributed by atoms with Crippen LogP contribution in [0.2, 0.25) is 0 Å². The molecule has 0 atom stereocenters. The van der Waals surface area contributed by atoms with Gasteiger partial charge in [-0.3, -0.25) is 9.88 Å². The van der Waals surface area contributed by atoms with Crippen molar-refractivity contribution in [3.8, 4) is 0 Å². The van der Waals surface area contributed by atoms with E-state index in [2.05, 4.69) is 49.7 Å². The molecule has 0 aliphatic heterocycles. The van der Waals surface area contributed by atoms with E-state index in [0.29, 0.717) is 12.0 Å². The number of hydrogen-bond donors (Lipinski definition) is 0. The first-order valence-corrected chi connectivity index (χ1v) is 5.72. The van der Waals surface area contributed by atoms with Gasteiger partial charge in [0.05, 0.1) is 0 Å². The van der Waals surface area contributed by atoms with Gasteiger partial charge in [-0.05, 0) is 37.5 Å². The van der Waals surface area contributed by atoms with Gasteiger partial charge in [0, 0.05) is 31.5 Å². The summed E-state index contributed by atoms with van der Waals surface area (Å²) in [5.74, 6) is 0.717. The fourth-order valence-corrected chi connectivity index (χ4v) is 1.65. The molecule has 0 amide bonds. The van der Waals surface area contributed by atoms with E-state index in [-0.39, 0.29) is 0 Å². The average molecular weight is 206 g/mol. The highest BCUT2D eigenvalue weighted by Crippen LogP contribution is 2.09. The maximum absolute atomic E-state index is 4.04. The van der Waals surface area contributed by atoms with Crippen LogP contribution in [0.25, 0.3) is 0 Å². The fourth-order valence-electron chi connectivity index (χ4n) is 1.65. The van der Waals surface area contributed by atoms with Crippen LogP contribution in [-0.4, -0.2) is 22.5 Å². The molecule has 1 aromatic rings. The molecular weight excluding hydrogens is 184 g/mol. The maximum Gasteiger partial charge on any atom is 0.0271 e. The summed E-state index contributed by atoms with van der Waals surface area (Å²) in [5.41, 5.74) is 1.35. The lowest BCUT2D eigenvalue weighted by atomic mass is 10.1. The Balaban J connectivity index is 2.59. The highest BCUT2D eigenvalue weighted by molar-refractivity contribution is 5.09. The van der Waals surface area contributed by atoms with Crippen molar-refractivity contribution >= 4 is 0 Å². The summed E-state index contributed by atoms with van der Waals surface area (Å²) in [5, 5.41) is 0. The van der Waals surface area contributed by atoms with Crippen molar-refractivity contribution in [3.63, 3.8) is 0 Å². The molecule has 0 fully saturated rings. The Morgan fingerprint density at radius 2 is 1.73 bits per heavy atom. The van der Waals surface area contributed by atoms with E-state index in [1.807, 2.05) is 12.4 Å². The first kappa shape index (κ1) is 12.2. The molecule has 84 valence electrons. The Morgan fingerprint density at radius 3 is 2.20 bits per heavy atom. The Morgan fingerprint density at radius 1 is 1.13 bits per heavy atom. The van der Waals surface area contributed by atoms with Crippen LogP contribution in [-0.2, 0) is 6.54 Å². The zero-order valence-corrected chi connectivity index (χ0v) is 10.3. The predicted octanol–water partition coefficient (Wildman–Crippen LogP) is 2.95. The molecule has 1 aromatic heterocycles. The Kier molecular flexibility index (Phi) is 4.76. The van der Waals surface area contributed by atoms with E-state index >= 15 is 0 Å². The minimum atomic E-state index is 0.598. The van der Waals surface area contributed by atoms with Crippen molar-refractivity contribution in [1.82, 2.24) is 9.88 Å². The Bertz CT molecular complexity index is 267. The van der Waals surface area contributed by atoms with Crippen LogP contribution in [0.15, 0.2) is 24.5 Å². The summed E-state index contributed by atoms with van der Waals surface area (Å²) in [4.78, 5) is 6.54. The predicted molar refractivity (Wildman–Crippen MR) is 64.6 cm³/mol. The van der Waals surface area contributed by atoms with Gasteiger partial charge in [-0.2, -0.15) is 0 Å². The van der Waals surface area contributed by atoms with Crippen LogP contribution in [0.1, 0.15) is 33.3 Å².